The second-order valence-corrected chi connectivity index (χ2v) is 6.40. The van der Waals surface area contributed by atoms with E-state index in [1.54, 1.807) is 24.5 Å². The molecule has 0 aliphatic rings. The van der Waals surface area contributed by atoms with Gasteiger partial charge in [-0.25, -0.2) is 15.0 Å². The van der Waals surface area contributed by atoms with E-state index in [0.717, 1.165) is 23.4 Å². The highest BCUT2D eigenvalue weighted by Crippen LogP contribution is 2.29. The minimum atomic E-state index is -4.60. The molecule has 2 heterocycles. The van der Waals surface area contributed by atoms with E-state index in [0.29, 0.717) is 18.5 Å². The summed E-state index contributed by atoms with van der Waals surface area (Å²) in [5, 5.41) is 0. The molecule has 31 heavy (non-hydrogen) atoms. The largest absolute Gasteiger partial charge is 0.461 e. The maximum atomic E-state index is 13.1. The molecule has 0 amide bonds. The van der Waals surface area contributed by atoms with Crippen LogP contribution in [0.25, 0.3) is 11.3 Å². The van der Waals surface area contributed by atoms with Crippen molar-refractivity contribution in [2.24, 2.45) is 10.7 Å². The van der Waals surface area contributed by atoms with Crippen LogP contribution in [-0.2, 0) is 6.42 Å². The van der Waals surface area contributed by atoms with Crippen LogP contribution in [0.2, 0.25) is 0 Å². The number of halogens is 4. The van der Waals surface area contributed by atoms with Crippen molar-refractivity contribution in [2.75, 3.05) is 5.73 Å². The van der Waals surface area contributed by atoms with Crippen LogP contribution in [0.3, 0.4) is 0 Å². The Hall–Kier alpha value is -3.76. The highest BCUT2D eigenvalue weighted by Gasteiger charge is 2.43. The van der Waals surface area contributed by atoms with Crippen LogP contribution < -0.4 is 16.2 Å². The number of pyridine rings is 1. The van der Waals surface area contributed by atoms with Gasteiger partial charge in [0.05, 0.1) is 17.2 Å². The Labute approximate surface area is 174 Å². The zero-order chi connectivity index (χ0) is 22.4. The van der Waals surface area contributed by atoms with Gasteiger partial charge in [0, 0.05) is 36.1 Å². The molecule has 0 atom stereocenters. The van der Waals surface area contributed by atoms with Gasteiger partial charge >= 0.3 is 12.5 Å². The Morgan fingerprint density at radius 3 is 2.61 bits per heavy atom. The number of aromatic nitrogens is 3. The molecule has 0 saturated heterocycles. The van der Waals surface area contributed by atoms with Gasteiger partial charge in [0.15, 0.2) is 0 Å². The van der Waals surface area contributed by atoms with Crippen molar-refractivity contribution < 1.29 is 22.3 Å². The van der Waals surface area contributed by atoms with Crippen LogP contribution in [0.4, 0.5) is 29.2 Å². The number of nitrogens with zero attached hydrogens (tertiary/aromatic N) is 4. The minimum Gasteiger partial charge on any atom is -0.428 e. The first kappa shape index (κ1) is 21.9. The van der Waals surface area contributed by atoms with Crippen molar-refractivity contribution in [3.63, 3.8) is 0 Å². The summed E-state index contributed by atoms with van der Waals surface area (Å²) >= 11 is 0. The van der Waals surface area contributed by atoms with Crippen molar-refractivity contribution in [1.29, 1.82) is 0 Å². The molecule has 0 radical (unpaired) electrons. The number of ether oxygens (including phenoxy) is 1. The van der Waals surface area contributed by atoms with Crippen LogP contribution in [0.1, 0.15) is 12.1 Å². The van der Waals surface area contributed by atoms with Gasteiger partial charge in [-0.2, -0.15) is 17.6 Å². The molecule has 0 spiro atoms. The van der Waals surface area contributed by atoms with Gasteiger partial charge in [-0.05, 0) is 36.8 Å². The monoisotopic (exact) mass is 434 g/mol. The normalized spacial score (nSPS) is 12.2. The second-order valence-electron chi connectivity index (χ2n) is 6.40. The molecule has 0 unspecified atom stereocenters. The summed E-state index contributed by atoms with van der Waals surface area (Å²) in [4.78, 5) is 16.4. The van der Waals surface area contributed by atoms with Crippen molar-refractivity contribution in [3.05, 3.63) is 60.6 Å². The summed E-state index contributed by atoms with van der Waals surface area (Å²) in [5.41, 5.74) is 13.9. The van der Waals surface area contributed by atoms with E-state index in [1.807, 2.05) is 6.07 Å². The standard InChI is InChI=1S/C20H18F4N6O/c21-18(22)20(23,24)31-15-3-1-2-14(11-15)29-17(25)5-4-13-10-12(6-8-27-13)16-7-9-28-19(26)30-16/h1-3,6-11,18H,4-5H2,(H2,25,29)(H2,26,28,30). The van der Waals surface area contributed by atoms with Crippen molar-refractivity contribution in [1.82, 2.24) is 15.0 Å². The van der Waals surface area contributed by atoms with Crippen LogP contribution in [0.15, 0.2) is 59.9 Å². The second kappa shape index (κ2) is 9.37. The Balaban J connectivity index is 1.67. The third-order valence-corrected chi connectivity index (χ3v) is 4.02. The van der Waals surface area contributed by atoms with Gasteiger partial charge in [-0.3, -0.25) is 4.98 Å². The maximum absolute atomic E-state index is 13.1. The van der Waals surface area contributed by atoms with E-state index in [2.05, 4.69) is 24.7 Å². The summed E-state index contributed by atoms with van der Waals surface area (Å²) in [7, 11) is 0. The maximum Gasteiger partial charge on any atom is 0.461 e. The Kier molecular flexibility index (Phi) is 6.63. The summed E-state index contributed by atoms with van der Waals surface area (Å²) in [6.07, 6.45) is -4.60. The highest BCUT2D eigenvalue weighted by molar-refractivity contribution is 5.83. The number of aliphatic imine (C=N–C) groups is 1. The van der Waals surface area contributed by atoms with E-state index in [-0.39, 0.29) is 17.5 Å². The minimum absolute atomic E-state index is 0.157. The summed E-state index contributed by atoms with van der Waals surface area (Å²) in [6.45, 7) is 0. The van der Waals surface area contributed by atoms with Gasteiger partial charge in [0.1, 0.15) is 5.75 Å². The molecule has 0 saturated carbocycles. The van der Waals surface area contributed by atoms with Gasteiger partial charge < -0.3 is 16.2 Å². The number of anilines is 1. The third kappa shape index (κ3) is 6.11. The van der Waals surface area contributed by atoms with E-state index in [4.69, 9.17) is 11.5 Å². The molecule has 0 bridgehead atoms. The molecule has 3 aromatic rings. The Morgan fingerprint density at radius 1 is 1.10 bits per heavy atom. The first-order valence-corrected chi connectivity index (χ1v) is 9.05. The summed E-state index contributed by atoms with van der Waals surface area (Å²) in [5.74, 6) is -0.0844. The molecule has 0 fully saturated rings. The summed E-state index contributed by atoms with van der Waals surface area (Å²) < 4.78 is 54.7. The fourth-order valence-electron chi connectivity index (χ4n) is 2.60. The van der Waals surface area contributed by atoms with E-state index in [9.17, 15) is 17.6 Å². The van der Waals surface area contributed by atoms with Gasteiger partial charge in [-0.1, -0.05) is 6.07 Å². The SMILES string of the molecule is NC(CCc1cc(-c2ccnc(N)n2)ccn1)=Nc1cccc(OC(F)(F)C(F)F)c1. The van der Waals surface area contributed by atoms with Crippen LogP contribution in [-0.4, -0.2) is 33.3 Å². The number of nitrogen functional groups attached to an aromatic ring is 1. The lowest BCUT2D eigenvalue weighted by molar-refractivity contribution is -0.253. The van der Waals surface area contributed by atoms with Gasteiger partial charge in [0.25, 0.3) is 0 Å². The lowest BCUT2D eigenvalue weighted by Crippen LogP contribution is -2.33. The van der Waals surface area contributed by atoms with Crippen LogP contribution >= 0.6 is 0 Å². The molecule has 11 heteroatoms. The molecule has 162 valence electrons. The van der Waals surface area contributed by atoms with Gasteiger partial charge in [0.2, 0.25) is 5.95 Å². The quantitative estimate of drug-likeness (QED) is 0.315. The Bertz CT molecular complexity index is 1080. The highest BCUT2D eigenvalue weighted by atomic mass is 19.3. The van der Waals surface area contributed by atoms with E-state index in [1.165, 1.54) is 12.1 Å². The lowest BCUT2D eigenvalue weighted by Gasteiger charge is -2.16. The number of benzene rings is 1. The number of amidine groups is 1. The number of alkyl halides is 4. The molecule has 2 aromatic heterocycles. The van der Waals surface area contributed by atoms with Crippen molar-refractivity contribution >= 4 is 17.5 Å². The third-order valence-electron chi connectivity index (χ3n) is 4.02. The first-order valence-electron chi connectivity index (χ1n) is 9.05. The molecular weight excluding hydrogens is 416 g/mol. The predicted octanol–water partition coefficient (Wildman–Crippen LogP) is 3.98. The fraction of sp³-hybridized carbons (Fsp3) is 0.200. The average Bonchev–Trinajstić information content (AvgIpc) is 2.72. The number of nitrogens with two attached hydrogens (primary N) is 2. The van der Waals surface area contributed by atoms with Crippen LogP contribution in [0.5, 0.6) is 5.75 Å². The number of rotatable bonds is 8. The molecule has 1 aromatic carbocycles. The topological polar surface area (TPSA) is 112 Å². The molecule has 0 aliphatic heterocycles. The molecular formula is C20H18F4N6O. The number of aryl methyl sites for hydroxylation is 1. The van der Waals surface area contributed by atoms with E-state index < -0.39 is 18.3 Å². The van der Waals surface area contributed by atoms with Gasteiger partial charge in [-0.15, -0.1) is 0 Å². The van der Waals surface area contributed by atoms with Crippen molar-refractivity contribution in [3.8, 4) is 17.0 Å². The van der Waals surface area contributed by atoms with Crippen molar-refractivity contribution in [2.45, 2.75) is 25.4 Å². The molecule has 7 nitrogen and oxygen atoms in total. The predicted molar refractivity (Wildman–Crippen MR) is 107 cm³/mol. The first-order chi connectivity index (χ1) is 14.7. The summed E-state index contributed by atoms with van der Waals surface area (Å²) in [6, 6.07) is 10.4. The molecule has 0 aliphatic carbocycles. The zero-order valence-electron chi connectivity index (χ0n) is 16.1. The number of hydrogen-bond acceptors (Lipinski definition) is 6. The fourth-order valence-corrected chi connectivity index (χ4v) is 2.60. The zero-order valence-corrected chi connectivity index (χ0v) is 16.1. The molecule has 3 rings (SSSR count). The number of hydrogen-bond donors (Lipinski definition) is 2. The molecule has 4 N–H and O–H groups in total. The lowest BCUT2D eigenvalue weighted by atomic mass is 10.1. The Morgan fingerprint density at radius 2 is 1.87 bits per heavy atom. The van der Waals surface area contributed by atoms with Crippen LogP contribution in [0, 0.1) is 0 Å². The average molecular weight is 434 g/mol. The smallest absolute Gasteiger partial charge is 0.428 e. The van der Waals surface area contributed by atoms with E-state index >= 15 is 0 Å².